The average molecular weight is 987 g/mol. The molecule has 0 fully saturated rings. The number of rotatable bonds is 54. The molecule has 9 heteroatoms. The highest BCUT2D eigenvalue weighted by Gasteiger charge is 2.22. The van der Waals surface area contributed by atoms with Gasteiger partial charge in [-0.05, 0) is 77.0 Å². The Hall–Kier alpha value is -2.75. The van der Waals surface area contributed by atoms with Crippen LogP contribution in [0.25, 0.3) is 0 Å². The maximum Gasteiger partial charge on any atom is 0.306 e. The van der Waals surface area contributed by atoms with E-state index < -0.39 is 24.3 Å². The number of esters is 2. The van der Waals surface area contributed by atoms with Gasteiger partial charge in [-0.2, -0.15) is 0 Å². The van der Waals surface area contributed by atoms with E-state index in [9.17, 15) is 19.5 Å². The van der Waals surface area contributed by atoms with E-state index in [0.717, 1.165) is 70.6 Å². The van der Waals surface area contributed by atoms with E-state index in [1.807, 2.05) is 21.1 Å². The Labute approximate surface area is 432 Å². The summed E-state index contributed by atoms with van der Waals surface area (Å²) >= 11 is 0. The van der Waals surface area contributed by atoms with E-state index in [2.05, 4.69) is 62.5 Å². The van der Waals surface area contributed by atoms with Crippen LogP contribution >= 0.6 is 0 Å². The van der Waals surface area contributed by atoms with E-state index in [4.69, 9.17) is 18.9 Å². The zero-order chi connectivity index (χ0) is 51.3. The molecule has 9 nitrogen and oxygen atoms in total. The van der Waals surface area contributed by atoms with Crippen LogP contribution in [-0.4, -0.2) is 82.3 Å². The van der Waals surface area contributed by atoms with Crippen LogP contribution in [0.3, 0.4) is 0 Å². The third-order valence-corrected chi connectivity index (χ3v) is 12.8. The molecular formula is C61H111NO8. The minimum Gasteiger partial charge on any atom is -0.545 e. The van der Waals surface area contributed by atoms with Gasteiger partial charge in [-0.15, -0.1) is 0 Å². The van der Waals surface area contributed by atoms with Crippen molar-refractivity contribution in [3.63, 3.8) is 0 Å². The molecular weight excluding hydrogens is 875 g/mol. The minimum absolute atomic E-state index is 0.146. The predicted molar refractivity (Wildman–Crippen MR) is 292 cm³/mol. The number of hydrogen-bond donors (Lipinski definition) is 0. The fourth-order valence-corrected chi connectivity index (χ4v) is 8.24. The van der Waals surface area contributed by atoms with E-state index in [0.29, 0.717) is 17.4 Å². The second-order valence-corrected chi connectivity index (χ2v) is 20.9. The summed E-state index contributed by atoms with van der Waals surface area (Å²) in [6.45, 7) is 4.75. The number of allylic oxidation sites excluding steroid dienone is 8. The summed E-state index contributed by atoms with van der Waals surface area (Å²) in [6.07, 6.45) is 61.6. The number of quaternary nitrogens is 1. The molecule has 2 unspecified atom stereocenters. The van der Waals surface area contributed by atoms with Gasteiger partial charge in [0.15, 0.2) is 12.4 Å². The van der Waals surface area contributed by atoms with Gasteiger partial charge in [0.25, 0.3) is 0 Å². The summed E-state index contributed by atoms with van der Waals surface area (Å²) in [5.41, 5.74) is 0. The van der Waals surface area contributed by atoms with E-state index in [-0.39, 0.29) is 38.6 Å². The number of aliphatic carboxylic acids is 1. The molecule has 0 aliphatic heterocycles. The largest absolute Gasteiger partial charge is 0.545 e. The van der Waals surface area contributed by atoms with Crippen LogP contribution in [0, 0.1) is 0 Å². The molecule has 2 atom stereocenters. The average Bonchev–Trinajstić information content (AvgIpc) is 3.33. The Morgan fingerprint density at radius 3 is 1.16 bits per heavy atom. The number of unbranched alkanes of at least 4 members (excludes halogenated alkanes) is 31. The fraction of sp³-hybridized carbons (Fsp3) is 0.820. The van der Waals surface area contributed by atoms with Crippen LogP contribution in [0.2, 0.25) is 0 Å². The van der Waals surface area contributed by atoms with Crippen molar-refractivity contribution in [1.82, 2.24) is 0 Å². The lowest BCUT2D eigenvalue weighted by Gasteiger charge is -2.26. The summed E-state index contributed by atoms with van der Waals surface area (Å²) in [4.78, 5) is 37.2. The third-order valence-electron chi connectivity index (χ3n) is 12.8. The highest BCUT2D eigenvalue weighted by molar-refractivity contribution is 5.70. The van der Waals surface area contributed by atoms with Crippen molar-refractivity contribution in [3.05, 3.63) is 48.6 Å². The van der Waals surface area contributed by atoms with Gasteiger partial charge in [-0.1, -0.05) is 223 Å². The van der Waals surface area contributed by atoms with Crippen molar-refractivity contribution < 1.29 is 42.9 Å². The number of ether oxygens (including phenoxy) is 4. The number of carboxylic acids is 1. The van der Waals surface area contributed by atoms with Crippen LogP contribution in [0.4, 0.5) is 0 Å². The van der Waals surface area contributed by atoms with Gasteiger partial charge < -0.3 is 33.3 Å². The molecule has 0 aromatic rings. The lowest BCUT2D eigenvalue weighted by Crippen LogP contribution is -2.44. The molecule has 408 valence electrons. The summed E-state index contributed by atoms with van der Waals surface area (Å²) in [6, 6.07) is 0. The molecule has 0 radical (unpaired) electrons. The maximum atomic E-state index is 12.9. The number of nitrogens with zero attached hydrogens (tertiary/aromatic N) is 1. The monoisotopic (exact) mass is 986 g/mol. The molecule has 0 aliphatic rings. The van der Waals surface area contributed by atoms with Gasteiger partial charge in [-0.3, -0.25) is 9.59 Å². The van der Waals surface area contributed by atoms with Crippen molar-refractivity contribution in [2.24, 2.45) is 0 Å². The van der Waals surface area contributed by atoms with Crippen LogP contribution < -0.4 is 5.11 Å². The molecule has 0 amide bonds. The molecule has 0 heterocycles. The molecule has 0 aromatic carbocycles. The molecule has 0 rings (SSSR count). The highest BCUT2D eigenvalue weighted by Crippen LogP contribution is 2.16. The zero-order valence-corrected chi connectivity index (χ0v) is 46.4. The van der Waals surface area contributed by atoms with Crippen molar-refractivity contribution in [3.8, 4) is 0 Å². The number of hydrogen-bond acceptors (Lipinski definition) is 8. The zero-order valence-electron chi connectivity index (χ0n) is 46.4. The molecule has 0 saturated carbocycles. The fourth-order valence-electron chi connectivity index (χ4n) is 8.24. The first-order valence-electron chi connectivity index (χ1n) is 29.3. The molecule has 0 saturated heterocycles. The number of carboxylic acid groups (broad SMARTS) is 1. The van der Waals surface area contributed by atoms with E-state index >= 15 is 0 Å². The normalized spacial score (nSPS) is 13.1. The van der Waals surface area contributed by atoms with Gasteiger partial charge in [0.05, 0.1) is 40.3 Å². The predicted octanol–water partition coefficient (Wildman–Crippen LogP) is 15.7. The Morgan fingerprint density at radius 2 is 0.771 bits per heavy atom. The topological polar surface area (TPSA) is 111 Å². The summed E-state index contributed by atoms with van der Waals surface area (Å²) in [5, 5.41) is 11.8. The smallest absolute Gasteiger partial charge is 0.306 e. The second kappa shape index (κ2) is 52.6. The van der Waals surface area contributed by atoms with Crippen molar-refractivity contribution in [1.29, 1.82) is 0 Å². The Balaban J connectivity index is 4.19. The molecule has 70 heavy (non-hydrogen) atoms. The summed E-state index contributed by atoms with van der Waals surface area (Å²) in [5.74, 6) is -2.29. The first kappa shape index (κ1) is 67.2. The summed E-state index contributed by atoms with van der Waals surface area (Å²) in [7, 11) is 5.92. The van der Waals surface area contributed by atoms with Gasteiger partial charge in [-0.25, -0.2) is 0 Å². The van der Waals surface area contributed by atoms with E-state index in [1.54, 1.807) is 0 Å². The quantitative estimate of drug-likeness (QED) is 0.0195. The number of carbonyl (C=O) groups is 3. The SMILES string of the molecule is CCCCCCC/C=C\C/C=C\C/C=C\CCCCCCCCCCCCCCCCC(=O)OC(COC(=O)CCCCCCC/C=C\CCCCCCCCC)COC(OCC[N+](C)(C)C)C(=O)[O-]. The molecule has 0 aliphatic carbocycles. The first-order valence-corrected chi connectivity index (χ1v) is 29.3. The molecule has 0 N–H and O–H groups in total. The van der Waals surface area contributed by atoms with Gasteiger partial charge in [0.2, 0.25) is 0 Å². The number of likely N-dealkylation sites (N-methyl/N-ethyl adjacent to an activating group) is 1. The lowest BCUT2D eigenvalue weighted by molar-refractivity contribution is -0.870. The van der Waals surface area contributed by atoms with Crippen LogP contribution in [-0.2, 0) is 33.3 Å². The van der Waals surface area contributed by atoms with Crippen LogP contribution in [0.15, 0.2) is 48.6 Å². The Kier molecular flexibility index (Phi) is 50.5. The third kappa shape index (κ3) is 53.1. The molecule has 0 aromatic heterocycles. The first-order chi connectivity index (χ1) is 34.1. The van der Waals surface area contributed by atoms with Gasteiger partial charge >= 0.3 is 11.9 Å². The second-order valence-electron chi connectivity index (χ2n) is 20.9. The van der Waals surface area contributed by atoms with Crippen molar-refractivity contribution >= 4 is 17.9 Å². The van der Waals surface area contributed by atoms with Crippen molar-refractivity contribution in [2.45, 2.75) is 277 Å². The standard InChI is InChI=1S/C61H111NO8/c1-6-8-10-12-14-16-18-20-22-24-25-26-27-28-29-30-31-32-33-34-35-36-38-40-42-44-46-48-50-52-59(64)70-57(56-69-61(60(65)66)67-54-53-62(3,4)5)55-68-58(63)51-49-47-45-43-41-39-37-23-21-19-17-15-13-11-9-7-2/h18,20,23-25,27-28,37,57,61H,6-17,19,21-22,26,29-36,38-56H2,1-5H3/b20-18-,25-24-,28-27-,37-23-. The summed E-state index contributed by atoms with van der Waals surface area (Å²) < 4.78 is 22.7. The number of carbonyl (C=O) groups excluding carboxylic acids is 3. The van der Waals surface area contributed by atoms with Gasteiger partial charge in [0, 0.05) is 12.8 Å². The van der Waals surface area contributed by atoms with Gasteiger partial charge in [0.1, 0.15) is 13.2 Å². The minimum atomic E-state index is -1.62. The Morgan fingerprint density at radius 1 is 0.429 bits per heavy atom. The van der Waals surface area contributed by atoms with Crippen LogP contribution in [0.1, 0.15) is 264 Å². The Bertz CT molecular complexity index is 1290. The maximum absolute atomic E-state index is 12.9. The lowest BCUT2D eigenvalue weighted by atomic mass is 10.0. The van der Waals surface area contributed by atoms with E-state index in [1.165, 1.54) is 161 Å². The van der Waals surface area contributed by atoms with Crippen molar-refractivity contribution in [2.75, 3.05) is 47.5 Å². The molecule has 0 bridgehead atoms. The van der Waals surface area contributed by atoms with Crippen LogP contribution in [0.5, 0.6) is 0 Å². The highest BCUT2D eigenvalue weighted by atomic mass is 16.7. The molecule has 0 spiro atoms.